The summed E-state index contributed by atoms with van der Waals surface area (Å²) in [5.41, 5.74) is 0. The SMILES string of the molecule is COC(=O)C(CCSC)NCc1cccs1. The maximum Gasteiger partial charge on any atom is 0.322 e. The van der Waals surface area contributed by atoms with Crippen LogP contribution < -0.4 is 5.32 Å². The molecule has 1 N–H and O–H groups in total. The first-order valence-electron chi connectivity index (χ1n) is 5.10. The first kappa shape index (κ1) is 13.5. The van der Waals surface area contributed by atoms with Crippen molar-refractivity contribution in [2.45, 2.75) is 19.0 Å². The van der Waals surface area contributed by atoms with Gasteiger partial charge in [-0.2, -0.15) is 11.8 Å². The van der Waals surface area contributed by atoms with Crippen LogP contribution in [-0.2, 0) is 16.1 Å². The summed E-state index contributed by atoms with van der Waals surface area (Å²) < 4.78 is 4.77. The lowest BCUT2D eigenvalue weighted by Gasteiger charge is -2.15. The Bertz CT molecular complexity index is 301. The van der Waals surface area contributed by atoms with E-state index < -0.39 is 0 Å². The molecular formula is C11H17NO2S2. The van der Waals surface area contributed by atoms with Gasteiger partial charge in [-0.1, -0.05) is 6.07 Å². The van der Waals surface area contributed by atoms with E-state index in [4.69, 9.17) is 4.74 Å². The van der Waals surface area contributed by atoms with Crippen LogP contribution in [0.4, 0.5) is 0 Å². The van der Waals surface area contributed by atoms with E-state index in [0.29, 0.717) is 0 Å². The number of hydrogen-bond acceptors (Lipinski definition) is 5. The number of ether oxygens (including phenoxy) is 1. The van der Waals surface area contributed by atoms with Gasteiger partial charge in [0.05, 0.1) is 7.11 Å². The highest BCUT2D eigenvalue weighted by molar-refractivity contribution is 7.98. The number of esters is 1. The van der Waals surface area contributed by atoms with Gasteiger partial charge in [0, 0.05) is 11.4 Å². The van der Waals surface area contributed by atoms with Gasteiger partial charge in [-0.25, -0.2) is 0 Å². The average Bonchev–Trinajstić information content (AvgIpc) is 2.81. The Morgan fingerprint density at radius 2 is 2.50 bits per heavy atom. The third-order valence-electron chi connectivity index (χ3n) is 2.20. The Hall–Kier alpha value is -0.520. The number of thioether (sulfide) groups is 1. The van der Waals surface area contributed by atoms with E-state index >= 15 is 0 Å². The van der Waals surface area contributed by atoms with E-state index in [0.717, 1.165) is 18.7 Å². The molecule has 3 nitrogen and oxygen atoms in total. The summed E-state index contributed by atoms with van der Waals surface area (Å²) in [6.45, 7) is 0.728. The standard InChI is InChI=1S/C11H17NO2S2/c1-14-11(13)10(5-7-15-2)12-8-9-4-3-6-16-9/h3-4,6,10,12H,5,7-8H2,1-2H3. The minimum absolute atomic E-state index is 0.175. The quantitative estimate of drug-likeness (QED) is 0.761. The highest BCUT2D eigenvalue weighted by atomic mass is 32.2. The second-order valence-electron chi connectivity index (χ2n) is 3.32. The lowest BCUT2D eigenvalue weighted by atomic mass is 10.2. The summed E-state index contributed by atoms with van der Waals surface area (Å²) in [6, 6.07) is 3.87. The van der Waals surface area contributed by atoms with Crippen LogP contribution >= 0.6 is 23.1 Å². The smallest absolute Gasteiger partial charge is 0.322 e. The molecule has 0 aromatic carbocycles. The number of carbonyl (C=O) groups is 1. The molecule has 90 valence electrons. The monoisotopic (exact) mass is 259 g/mol. The fourth-order valence-electron chi connectivity index (χ4n) is 1.32. The molecule has 16 heavy (non-hydrogen) atoms. The van der Waals surface area contributed by atoms with Crippen molar-refractivity contribution in [3.05, 3.63) is 22.4 Å². The molecule has 0 bridgehead atoms. The van der Waals surface area contributed by atoms with Crippen molar-refractivity contribution in [3.8, 4) is 0 Å². The van der Waals surface area contributed by atoms with Gasteiger partial charge in [0.25, 0.3) is 0 Å². The third kappa shape index (κ3) is 4.55. The van der Waals surface area contributed by atoms with E-state index in [1.807, 2.05) is 17.7 Å². The van der Waals surface area contributed by atoms with Crippen molar-refractivity contribution in [3.63, 3.8) is 0 Å². The number of methoxy groups -OCH3 is 1. The fraction of sp³-hybridized carbons (Fsp3) is 0.545. The highest BCUT2D eigenvalue weighted by Gasteiger charge is 2.17. The molecule has 0 aliphatic rings. The first-order chi connectivity index (χ1) is 7.77. The van der Waals surface area contributed by atoms with Gasteiger partial charge in [0.2, 0.25) is 0 Å². The van der Waals surface area contributed by atoms with Crippen molar-refractivity contribution < 1.29 is 9.53 Å². The molecule has 1 atom stereocenters. The topological polar surface area (TPSA) is 38.3 Å². The number of nitrogens with one attached hydrogen (secondary N) is 1. The second-order valence-corrected chi connectivity index (χ2v) is 5.34. The number of carbonyl (C=O) groups excluding carboxylic acids is 1. The van der Waals surface area contributed by atoms with E-state index in [1.54, 1.807) is 23.1 Å². The van der Waals surface area contributed by atoms with E-state index in [2.05, 4.69) is 11.4 Å². The normalized spacial score (nSPS) is 12.4. The minimum Gasteiger partial charge on any atom is -0.468 e. The maximum atomic E-state index is 11.5. The van der Waals surface area contributed by atoms with Crippen LogP contribution in [0.1, 0.15) is 11.3 Å². The van der Waals surface area contributed by atoms with Gasteiger partial charge in [-0.15, -0.1) is 11.3 Å². The van der Waals surface area contributed by atoms with Crippen LogP contribution in [0.5, 0.6) is 0 Å². The first-order valence-corrected chi connectivity index (χ1v) is 7.37. The molecule has 1 heterocycles. The average molecular weight is 259 g/mol. The lowest BCUT2D eigenvalue weighted by Crippen LogP contribution is -2.37. The number of hydrogen-bond donors (Lipinski definition) is 1. The van der Waals surface area contributed by atoms with E-state index in [9.17, 15) is 4.79 Å². The molecule has 0 aliphatic carbocycles. The summed E-state index contributed by atoms with van der Waals surface area (Å²) in [5, 5.41) is 5.26. The molecule has 0 saturated heterocycles. The Balaban J connectivity index is 2.40. The van der Waals surface area contributed by atoms with E-state index in [1.165, 1.54) is 12.0 Å². The Kier molecular flexibility index (Phi) is 6.52. The minimum atomic E-state index is -0.195. The van der Waals surface area contributed by atoms with Crippen molar-refractivity contribution in [1.29, 1.82) is 0 Å². The van der Waals surface area contributed by atoms with Gasteiger partial charge >= 0.3 is 5.97 Å². The molecule has 0 amide bonds. The molecule has 0 aliphatic heterocycles. The molecule has 0 radical (unpaired) electrons. The molecule has 1 rings (SSSR count). The van der Waals surface area contributed by atoms with Gasteiger partial charge in [-0.05, 0) is 29.9 Å². The summed E-state index contributed by atoms with van der Waals surface area (Å²) in [6.07, 6.45) is 2.84. The van der Waals surface area contributed by atoms with Gasteiger partial charge in [0.15, 0.2) is 0 Å². The largest absolute Gasteiger partial charge is 0.468 e. The van der Waals surface area contributed by atoms with Crippen molar-refractivity contribution in [2.24, 2.45) is 0 Å². The molecular weight excluding hydrogens is 242 g/mol. The third-order valence-corrected chi connectivity index (χ3v) is 3.72. The summed E-state index contributed by atoms with van der Waals surface area (Å²) >= 11 is 3.42. The number of thiophene rings is 1. The van der Waals surface area contributed by atoms with Gasteiger partial charge in [0.1, 0.15) is 6.04 Å². The van der Waals surface area contributed by atoms with Crippen LogP contribution in [0, 0.1) is 0 Å². The van der Waals surface area contributed by atoms with Gasteiger partial charge < -0.3 is 4.74 Å². The lowest BCUT2D eigenvalue weighted by molar-refractivity contribution is -0.143. The predicted molar refractivity (Wildman–Crippen MR) is 70.0 cm³/mol. The van der Waals surface area contributed by atoms with Crippen LogP contribution in [0.25, 0.3) is 0 Å². The summed E-state index contributed by atoms with van der Waals surface area (Å²) in [5.74, 6) is 0.780. The van der Waals surface area contributed by atoms with E-state index in [-0.39, 0.29) is 12.0 Å². The highest BCUT2D eigenvalue weighted by Crippen LogP contribution is 2.09. The Morgan fingerprint density at radius 1 is 1.69 bits per heavy atom. The molecule has 1 unspecified atom stereocenters. The Labute approximate surface area is 105 Å². The molecule has 1 aromatic rings. The second kappa shape index (κ2) is 7.70. The fourth-order valence-corrected chi connectivity index (χ4v) is 2.45. The molecule has 1 aromatic heterocycles. The zero-order valence-electron chi connectivity index (χ0n) is 9.56. The maximum absolute atomic E-state index is 11.5. The molecule has 0 fully saturated rings. The van der Waals surface area contributed by atoms with Crippen molar-refractivity contribution in [1.82, 2.24) is 5.32 Å². The Morgan fingerprint density at radius 3 is 3.06 bits per heavy atom. The van der Waals surface area contributed by atoms with Crippen molar-refractivity contribution in [2.75, 3.05) is 19.1 Å². The summed E-state index contributed by atoms with van der Waals surface area (Å²) in [4.78, 5) is 12.7. The molecule has 0 spiro atoms. The van der Waals surface area contributed by atoms with Crippen molar-refractivity contribution >= 4 is 29.1 Å². The van der Waals surface area contributed by atoms with Crippen LogP contribution in [-0.4, -0.2) is 31.1 Å². The molecule has 5 heteroatoms. The van der Waals surface area contributed by atoms with Crippen LogP contribution in [0.2, 0.25) is 0 Å². The molecule has 0 saturated carbocycles. The number of rotatable bonds is 7. The van der Waals surface area contributed by atoms with Crippen LogP contribution in [0.15, 0.2) is 17.5 Å². The van der Waals surface area contributed by atoms with Gasteiger partial charge in [-0.3, -0.25) is 10.1 Å². The van der Waals surface area contributed by atoms with Crippen LogP contribution in [0.3, 0.4) is 0 Å². The predicted octanol–water partition coefficient (Wildman–Crippen LogP) is 2.13. The zero-order valence-corrected chi connectivity index (χ0v) is 11.2. The zero-order chi connectivity index (χ0) is 11.8. The summed E-state index contributed by atoms with van der Waals surface area (Å²) in [7, 11) is 1.43.